The smallest absolute Gasteiger partial charge is 0.0805 e. The van der Waals surface area contributed by atoms with Crippen molar-refractivity contribution in [1.82, 2.24) is 0 Å². The molecule has 0 amide bonds. The molecular formula is C14H30O2. The summed E-state index contributed by atoms with van der Waals surface area (Å²) in [6.45, 7) is 13.5. The molecule has 0 spiro atoms. The van der Waals surface area contributed by atoms with Crippen molar-refractivity contribution in [1.29, 1.82) is 0 Å². The second-order valence-corrected chi connectivity index (χ2v) is 4.71. The number of ether oxygens (including phenoxy) is 2. The van der Waals surface area contributed by atoms with E-state index in [-0.39, 0.29) is 6.10 Å². The Morgan fingerprint density at radius 1 is 0.938 bits per heavy atom. The van der Waals surface area contributed by atoms with Crippen molar-refractivity contribution in [2.45, 2.75) is 60.0 Å². The largest absolute Gasteiger partial charge is 0.379 e. The van der Waals surface area contributed by atoms with Crippen LogP contribution in [0.1, 0.15) is 53.9 Å². The van der Waals surface area contributed by atoms with Crippen LogP contribution in [0.25, 0.3) is 0 Å². The summed E-state index contributed by atoms with van der Waals surface area (Å²) in [4.78, 5) is 0. The van der Waals surface area contributed by atoms with E-state index in [1.165, 1.54) is 6.42 Å². The highest BCUT2D eigenvalue weighted by Crippen LogP contribution is 2.17. The second-order valence-electron chi connectivity index (χ2n) is 4.71. The quantitative estimate of drug-likeness (QED) is 0.530. The zero-order chi connectivity index (χ0) is 12.4. The lowest BCUT2D eigenvalue weighted by atomic mass is 9.91. The molecular weight excluding hydrogens is 200 g/mol. The first-order valence-corrected chi connectivity index (χ1v) is 6.84. The van der Waals surface area contributed by atoms with Crippen molar-refractivity contribution in [3.05, 3.63) is 0 Å². The molecule has 0 aliphatic carbocycles. The van der Waals surface area contributed by atoms with Gasteiger partial charge in [0.15, 0.2) is 0 Å². The van der Waals surface area contributed by atoms with E-state index in [0.29, 0.717) is 0 Å². The van der Waals surface area contributed by atoms with Crippen LogP contribution in [-0.2, 0) is 9.47 Å². The molecule has 0 heterocycles. The fourth-order valence-electron chi connectivity index (χ4n) is 1.69. The van der Waals surface area contributed by atoms with Crippen LogP contribution in [0.4, 0.5) is 0 Å². The lowest BCUT2D eigenvalue weighted by Crippen LogP contribution is -2.20. The van der Waals surface area contributed by atoms with Gasteiger partial charge in [-0.15, -0.1) is 0 Å². The molecule has 0 aromatic rings. The zero-order valence-electron chi connectivity index (χ0n) is 11.8. The van der Waals surface area contributed by atoms with Crippen LogP contribution in [0.3, 0.4) is 0 Å². The van der Waals surface area contributed by atoms with Crippen LogP contribution in [0, 0.1) is 11.8 Å². The first-order valence-electron chi connectivity index (χ1n) is 6.84. The van der Waals surface area contributed by atoms with E-state index in [4.69, 9.17) is 9.47 Å². The summed E-state index contributed by atoms with van der Waals surface area (Å²) in [5.41, 5.74) is 0. The van der Waals surface area contributed by atoms with Gasteiger partial charge in [-0.2, -0.15) is 0 Å². The Morgan fingerprint density at radius 2 is 1.62 bits per heavy atom. The van der Waals surface area contributed by atoms with E-state index in [9.17, 15) is 0 Å². The summed E-state index contributed by atoms with van der Waals surface area (Å²) < 4.78 is 11.2. The molecule has 3 unspecified atom stereocenters. The topological polar surface area (TPSA) is 18.5 Å². The van der Waals surface area contributed by atoms with E-state index >= 15 is 0 Å². The maximum Gasteiger partial charge on any atom is 0.0805 e. The zero-order valence-corrected chi connectivity index (χ0v) is 11.8. The van der Waals surface area contributed by atoms with Gasteiger partial charge in [0, 0.05) is 13.2 Å². The van der Waals surface area contributed by atoms with Crippen LogP contribution in [-0.4, -0.2) is 25.9 Å². The highest BCUT2D eigenvalue weighted by Gasteiger charge is 2.10. The molecule has 0 saturated carbocycles. The normalized spacial score (nSPS) is 17.1. The van der Waals surface area contributed by atoms with Gasteiger partial charge in [0.2, 0.25) is 0 Å². The summed E-state index contributed by atoms with van der Waals surface area (Å²) in [7, 11) is 0. The van der Waals surface area contributed by atoms with Crippen molar-refractivity contribution in [3.8, 4) is 0 Å². The highest BCUT2D eigenvalue weighted by atomic mass is 16.5. The molecule has 0 saturated heterocycles. The van der Waals surface area contributed by atoms with Crippen molar-refractivity contribution in [3.63, 3.8) is 0 Å². The maximum atomic E-state index is 5.68. The van der Waals surface area contributed by atoms with Crippen LogP contribution in [0.5, 0.6) is 0 Å². The number of hydrogen-bond donors (Lipinski definition) is 0. The third-order valence-corrected chi connectivity index (χ3v) is 3.49. The Hall–Kier alpha value is -0.0800. The summed E-state index contributed by atoms with van der Waals surface area (Å²) in [5.74, 6) is 1.56. The molecule has 0 N–H and O–H groups in total. The van der Waals surface area contributed by atoms with Crippen molar-refractivity contribution < 1.29 is 9.47 Å². The Bertz CT molecular complexity index is 144. The predicted octanol–water partition coefficient (Wildman–Crippen LogP) is 3.89. The highest BCUT2D eigenvalue weighted by molar-refractivity contribution is 4.60. The lowest BCUT2D eigenvalue weighted by molar-refractivity contribution is -0.0165. The minimum absolute atomic E-state index is 0.281. The molecule has 0 aromatic carbocycles. The number of rotatable bonds is 10. The minimum atomic E-state index is 0.281. The Balaban J connectivity index is 3.50. The van der Waals surface area contributed by atoms with Crippen LogP contribution in [0.15, 0.2) is 0 Å². The molecule has 2 heteroatoms. The van der Waals surface area contributed by atoms with Gasteiger partial charge in [-0.1, -0.05) is 34.1 Å². The fraction of sp³-hybridized carbons (Fsp3) is 1.00. The second kappa shape index (κ2) is 10.1. The Kier molecular flexibility index (Phi) is 10.0. The first-order chi connectivity index (χ1) is 7.65. The third kappa shape index (κ3) is 7.24. The van der Waals surface area contributed by atoms with Gasteiger partial charge in [0.1, 0.15) is 0 Å². The molecule has 0 fully saturated rings. The molecule has 98 valence electrons. The third-order valence-electron chi connectivity index (χ3n) is 3.49. The summed E-state index contributed by atoms with van der Waals surface area (Å²) in [5, 5.41) is 0. The molecule has 0 aliphatic rings. The van der Waals surface area contributed by atoms with Gasteiger partial charge < -0.3 is 9.47 Å². The molecule has 0 bridgehead atoms. The average molecular weight is 230 g/mol. The van der Waals surface area contributed by atoms with E-state index in [2.05, 4.69) is 27.7 Å². The monoisotopic (exact) mass is 230 g/mol. The number of hydrogen-bond acceptors (Lipinski definition) is 2. The molecule has 0 aliphatic heterocycles. The van der Waals surface area contributed by atoms with E-state index in [1.807, 2.05) is 6.92 Å². The Labute approximate surface area is 102 Å². The summed E-state index contributed by atoms with van der Waals surface area (Å²) in [6.07, 6.45) is 3.74. The van der Waals surface area contributed by atoms with Crippen molar-refractivity contribution >= 4 is 0 Å². The molecule has 16 heavy (non-hydrogen) atoms. The average Bonchev–Trinajstić information content (AvgIpc) is 2.31. The minimum Gasteiger partial charge on any atom is -0.379 e. The van der Waals surface area contributed by atoms with Crippen molar-refractivity contribution in [2.75, 3.05) is 19.8 Å². The van der Waals surface area contributed by atoms with E-state index in [1.54, 1.807) is 0 Å². The van der Waals surface area contributed by atoms with Crippen LogP contribution < -0.4 is 0 Å². The SMILES string of the molecule is CCOC(CC)COCCC(C)C(C)CC. The van der Waals surface area contributed by atoms with Gasteiger partial charge in [-0.25, -0.2) is 0 Å². The van der Waals surface area contributed by atoms with Gasteiger partial charge in [0.25, 0.3) is 0 Å². The standard InChI is InChI=1S/C14H30O2/c1-6-12(4)13(5)9-10-15-11-14(7-2)16-8-3/h12-14H,6-11H2,1-5H3. The first kappa shape index (κ1) is 15.9. The predicted molar refractivity (Wildman–Crippen MR) is 69.8 cm³/mol. The summed E-state index contributed by atoms with van der Waals surface area (Å²) >= 11 is 0. The molecule has 0 rings (SSSR count). The van der Waals surface area contributed by atoms with Gasteiger partial charge in [-0.3, -0.25) is 0 Å². The van der Waals surface area contributed by atoms with Gasteiger partial charge in [-0.05, 0) is 31.6 Å². The molecule has 0 radical (unpaired) electrons. The van der Waals surface area contributed by atoms with Crippen LogP contribution in [0.2, 0.25) is 0 Å². The van der Waals surface area contributed by atoms with E-state index in [0.717, 1.165) is 44.5 Å². The summed E-state index contributed by atoms with van der Waals surface area (Å²) in [6, 6.07) is 0. The van der Waals surface area contributed by atoms with Crippen molar-refractivity contribution in [2.24, 2.45) is 11.8 Å². The lowest BCUT2D eigenvalue weighted by Gasteiger charge is -2.19. The fourth-order valence-corrected chi connectivity index (χ4v) is 1.69. The molecule has 0 aromatic heterocycles. The maximum absolute atomic E-state index is 5.68. The van der Waals surface area contributed by atoms with Gasteiger partial charge >= 0.3 is 0 Å². The van der Waals surface area contributed by atoms with E-state index < -0.39 is 0 Å². The van der Waals surface area contributed by atoms with Gasteiger partial charge in [0.05, 0.1) is 12.7 Å². The molecule has 2 nitrogen and oxygen atoms in total. The van der Waals surface area contributed by atoms with Crippen LogP contribution >= 0.6 is 0 Å². The Morgan fingerprint density at radius 3 is 2.12 bits per heavy atom. The molecule has 3 atom stereocenters.